The van der Waals surface area contributed by atoms with E-state index < -0.39 is 5.97 Å². The van der Waals surface area contributed by atoms with Gasteiger partial charge in [-0.3, -0.25) is 19.3 Å². The molecular formula is C17H18N4O3S. The van der Waals surface area contributed by atoms with E-state index in [9.17, 15) is 14.7 Å². The van der Waals surface area contributed by atoms with Crippen LogP contribution in [-0.4, -0.2) is 55.0 Å². The van der Waals surface area contributed by atoms with Crippen LogP contribution >= 0.6 is 11.8 Å². The van der Waals surface area contributed by atoms with Crippen molar-refractivity contribution in [1.82, 2.24) is 19.6 Å². The molecule has 7 nitrogen and oxygen atoms in total. The van der Waals surface area contributed by atoms with Gasteiger partial charge in [-0.2, -0.15) is 5.10 Å². The first kappa shape index (κ1) is 15.2. The molecule has 0 aromatic carbocycles. The molecule has 0 saturated carbocycles. The summed E-state index contributed by atoms with van der Waals surface area (Å²) in [5.74, 6) is -1.28. The van der Waals surface area contributed by atoms with E-state index in [1.807, 2.05) is 17.8 Å². The molecular weight excluding hydrogens is 340 g/mol. The minimum Gasteiger partial charge on any atom is -0.477 e. The molecule has 2 unspecified atom stereocenters. The Balaban J connectivity index is 1.52. The van der Waals surface area contributed by atoms with Gasteiger partial charge in [0.05, 0.1) is 11.3 Å². The topological polar surface area (TPSA) is 78.7 Å². The van der Waals surface area contributed by atoms with Crippen LogP contribution in [0.3, 0.4) is 0 Å². The summed E-state index contributed by atoms with van der Waals surface area (Å²) in [6.07, 6.45) is 5.19. The molecule has 5 heterocycles. The quantitative estimate of drug-likeness (QED) is 0.635. The first-order valence-electron chi connectivity index (χ1n) is 8.39. The van der Waals surface area contributed by atoms with Crippen LogP contribution in [0.4, 0.5) is 0 Å². The molecule has 0 aliphatic carbocycles. The second kappa shape index (κ2) is 4.98. The van der Waals surface area contributed by atoms with Crippen LogP contribution in [0.15, 0.2) is 16.7 Å². The Kier molecular flexibility index (Phi) is 3.03. The fourth-order valence-electron chi connectivity index (χ4n) is 4.55. The Morgan fingerprint density at radius 1 is 1.40 bits per heavy atom. The number of hydrogen-bond acceptors (Lipinski definition) is 5. The Bertz CT molecular complexity index is 887. The highest BCUT2D eigenvalue weighted by Gasteiger charge is 2.50. The van der Waals surface area contributed by atoms with Crippen molar-refractivity contribution in [2.45, 2.75) is 36.7 Å². The second-order valence-corrected chi connectivity index (χ2v) is 8.01. The van der Waals surface area contributed by atoms with E-state index >= 15 is 0 Å². The van der Waals surface area contributed by atoms with Crippen molar-refractivity contribution in [3.05, 3.63) is 33.6 Å². The number of rotatable bonds is 2. The molecule has 1 aromatic rings. The summed E-state index contributed by atoms with van der Waals surface area (Å²) in [6.45, 7) is 0. The van der Waals surface area contributed by atoms with Gasteiger partial charge in [-0.1, -0.05) is 0 Å². The zero-order chi connectivity index (χ0) is 17.5. The van der Waals surface area contributed by atoms with Crippen LogP contribution in [0.2, 0.25) is 0 Å². The number of carbonyl (C=O) groups excluding carboxylic acids is 1. The average molecular weight is 358 g/mol. The molecule has 8 heteroatoms. The third-order valence-corrected chi connectivity index (χ3v) is 6.97. The van der Waals surface area contributed by atoms with Crippen molar-refractivity contribution >= 4 is 29.7 Å². The number of hydrogen-bond donors (Lipinski definition) is 1. The molecule has 3 atom stereocenters. The maximum atomic E-state index is 12.5. The van der Waals surface area contributed by atoms with Crippen LogP contribution in [0, 0.1) is 0 Å². The van der Waals surface area contributed by atoms with Gasteiger partial charge in [-0.05, 0) is 26.0 Å². The number of aliphatic carboxylic acids is 1. The highest BCUT2D eigenvalue weighted by atomic mass is 32.2. The Hall–Kier alpha value is -2.06. The maximum absolute atomic E-state index is 12.5. The number of amides is 1. The van der Waals surface area contributed by atoms with Crippen molar-refractivity contribution in [2.24, 2.45) is 7.05 Å². The summed E-state index contributed by atoms with van der Waals surface area (Å²) < 4.78 is 1.95. The van der Waals surface area contributed by atoms with E-state index in [0.717, 1.165) is 18.5 Å². The highest BCUT2D eigenvalue weighted by molar-refractivity contribution is 8.03. The average Bonchev–Trinajstić information content (AvgIpc) is 3.17. The summed E-state index contributed by atoms with van der Waals surface area (Å²) in [7, 11) is 4.14. The van der Waals surface area contributed by atoms with Crippen molar-refractivity contribution < 1.29 is 14.7 Å². The van der Waals surface area contributed by atoms with Gasteiger partial charge in [-0.25, -0.2) is 4.79 Å². The lowest BCUT2D eigenvalue weighted by atomic mass is 9.95. The van der Waals surface area contributed by atoms with Gasteiger partial charge in [0.2, 0.25) is 0 Å². The number of carboxylic acids is 1. The molecule has 2 saturated heterocycles. The Morgan fingerprint density at radius 3 is 2.96 bits per heavy atom. The Morgan fingerprint density at radius 2 is 2.20 bits per heavy atom. The number of aromatic nitrogens is 2. The molecule has 130 valence electrons. The summed E-state index contributed by atoms with van der Waals surface area (Å²) >= 11 is 1.37. The van der Waals surface area contributed by atoms with E-state index in [0.29, 0.717) is 17.7 Å². The third kappa shape index (κ3) is 1.89. The smallest absolute Gasteiger partial charge is 0.353 e. The maximum Gasteiger partial charge on any atom is 0.353 e. The molecule has 1 aromatic heterocycles. The molecule has 2 fully saturated rings. The number of carboxylic acid groups (broad SMARTS) is 1. The van der Waals surface area contributed by atoms with E-state index in [4.69, 9.17) is 0 Å². The molecule has 1 N–H and O–H groups in total. The molecule has 4 aliphatic rings. The summed E-state index contributed by atoms with van der Waals surface area (Å²) in [5, 5.41) is 15.2. The molecule has 5 rings (SSSR count). The minimum atomic E-state index is -1.06. The van der Waals surface area contributed by atoms with Crippen LogP contribution in [0.25, 0.3) is 6.08 Å². The molecule has 4 aliphatic heterocycles. The molecule has 1 amide bonds. The lowest BCUT2D eigenvalue weighted by Gasteiger charge is -2.37. The first-order chi connectivity index (χ1) is 12.0. The van der Waals surface area contributed by atoms with Gasteiger partial charge >= 0.3 is 5.97 Å². The van der Waals surface area contributed by atoms with Gasteiger partial charge in [0.25, 0.3) is 5.91 Å². The lowest BCUT2D eigenvalue weighted by molar-refractivity contribution is -0.141. The van der Waals surface area contributed by atoms with Gasteiger partial charge in [0.1, 0.15) is 11.1 Å². The molecule has 25 heavy (non-hydrogen) atoms. The number of β-lactam (4-membered cyclic amide) rings is 1. The fourth-order valence-corrected chi connectivity index (χ4v) is 5.67. The normalized spacial score (nSPS) is 31.8. The van der Waals surface area contributed by atoms with Crippen molar-refractivity contribution in [3.8, 4) is 0 Å². The predicted octanol–water partition coefficient (Wildman–Crippen LogP) is 1.34. The van der Waals surface area contributed by atoms with E-state index in [1.165, 1.54) is 34.3 Å². The van der Waals surface area contributed by atoms with Crippen molar-refractivity contribution in [3.63, 3.8) is 0 Å². The molecule has 0 radical (unpaired) electrons. The fraction of sp³-hybridized carbons (Fsp3) is 0.471. The molecule has 2 bridgehead atoms. The van der Waals surface area contributed by atoms with Crippen LogP contribution in [-0.2, 0) is 23.1 Å². The zero-order valence-corrected chi connectivity index (χ0v) is 14.8. The summed E-state index contributed by atoms with van der Waals surface area (Å²) in [5.41, 5.74) is 4.08. The predicted molar refractivity (Wildman–Crippen MR) is 92.4 cm³/mol. The van der Waals surface area contributed by atoms with Crippen LogP contribution in [0.5, 0.6) is 0 Å². The van der Waals surface area contributed by atoms with E-state index in [-0.39, 0.29) is 17.0 Å². The largest absolute Gasteiger partial charge is 0.477 e. The van der Waals surface area contributed by atoms with Crippen LogP contribution < -0.4 is 0 Å². The number of likely N-dealkylation sites (N-methyl/N-ethyl adjacent to an activating group) is 1. The summed E-state index contributed by atoms with van der Waals surface area (Å²) in [6, 6.07) is 0.950. The first-order valence-corrected chi connectivity index (χ1v) is 9.33. The highest BCUT2D eigenvalue weighted by Crippen LogP contribution is 2.47. The van der Waals surface area contributed by atoms with Crippen molar-refractivity contribution in [1.29, 1.82) is 0 Å². The van der Waals surface area contributed by atoms with Crippen molar-refractivity contribution in [2.75, 3.05) is 7.05 Å². The number of aryl methyl sites for hydroxylation is 1. The number of fused-ring (bicyclic) bond motifs is 5. The number of thioether (sulfide) groups is 1. The number of carbonyl (C=O) groups is 2. The lowest BCUT2D eigenvalue weighted by Crippen LogP contribution is -2.51. The van der Waals surface area contributed by atoms with Gasteiger partial charge in [0.15, 0.2) is 0 Å². The standard InChI is InChI=1S/C17H18N4O3S/c1-19-8-3-4-11(19)14-10(18-20(2)12(14)5-8)6-9-15(22)21-13(17(23)24)7-25-16(9)21/h6-8,11,16H,3-5H2,1-2H3,(H,23,24)/b9-6-/t8?,11?,16-/m1/s1. The monoisotopic (exact) mass is 358 g/mol. The summed E-state index contributed by atoms with van der Waals surface area (Å²) in [4.78, 5) is 27.4. The SMILES string of the molecule is CN1C2CCC1c1c(/C=C3/C(=O)N4C(C(=O)O)=CS[C@H]34)nn(C)c1C2. The van der Waals surface area contributed by atoms with E-state index in [1.54, 1.807) is 5.41 Å². The van der Waals surface area contributed by atoms with E-state index in [2.05, 4.69) is 17.0 Å². The van der Waals surface area contributed by atoms with Gasteiger partial charge < -0.3 is 5.11 Å². The Labute approximate surface area is 149 Å². The minimum absolute atomic E-state index is 0.0681. The third-order valence-electron chi connectivity index (χ3n) is 5.88. The van der Waals surface area contributed by atoms with Gasteiger partial charge in [-0.15, -0.1) is 11.8 Å². The zero-order valence-electron chi connectivity index (χ0n) is 14.0. The molecule has 0 spiro atoms. The van der Waals surface area contributed by atoms with Gasteiger partial charge in [0, 0.05) is 42.2 Å². The van der Waals surface area contributed by atoms with Crippen LogP contribution in [0.1, 0.15) is 35.8 Å². The second-order valence-electron chi connectivity index (χ2n) is 7.06. The number of nitrogens with zero attached hydrogens (tertiary/aromatic N) is 4.